The molecule has 1 aromatic carbocycles. The Balaban J connectivity index is 2.94. The number of hydrogen-bond donors (Lipinski definition) is 1. The molecule has 2 N–H and O–H groups in total. The molecule has 0 aliphatic heterocycles. The highest BCUT2D eigenvalue weighted by atomic mass is 16.5. The fraction of sp³-hybridized carbons (Fsp3) is 0.571. The van der Waals surface area contributed by atoms with Crippen molar-refractivity contribution in [2.75, 3.05) is 41.5 Å². The van der Waals surface area contributed by atoms with Crippen LogP contribution in [0.25, 0.3) is 0 Å². The Kier molecular flexibility index (Phi) is 6.45. The molecule has 0 fully saturated rings. The zero-order chi connectivity index (χ0) is 14.3. The van der Waals surface area contributed by atoms with Gasteiger partial charge in [0.15, 0.2) is 11.5 Å². The van der Waals surface area contributed by atoms with Gasteiger partial charge in [-0.2, -0.15) is 0 Å². The van der Waals surface area contributed by atoms with Crippen molar-refractivity contribution in [1.82, 2.24) is 4.90 Å². The van der Waals surface area contributed by atoms with Crippen LogP contribution in [0.2, 0.25) is 0 Å². The summed E-state index contributed by atoms with van der Waals surface area (Å²) in [5.41, 5.74) is 6.59. The minimum absolute atomic E-state index is 0.634. The molecule has 108 valence electrons. The number of ether oxygens (including phenoxy) is 3. The SMILES string of the molecule is COc1ccc(CN(C)CCCN)c(OC)c1OC. The maximum absolute atomic E-state index is 5.52. The molecule has 0 spiro atoms. The van der Waals surface area contributed by atoms with E-state index in [1.165, 1.54) is 0 Å². The zero-order valence-electron chi connectivity index (χ0n) is 12.2. The molecule has 19 heavy (non-hydrogen) atoms. The first kappa shape index (κ1) is 15.6. The van der Waals surface area contributed by atoms with Crippen molar-refractivity contribution in [3.05, 3.63) is 17.7 Å². The summed E-state index contributed by atoms with van der Waals surface area (Å²) in [7, 11) is 6.93. The Hall–Kier alpha value is -1.46. The summed E-state index contributed by atoms with van der Waals surface area (Å²) in [4.78, 5) is 2.20. The molecule has 5 nitrogen and oxygen atoms in total. The molecular formula is C14H24N2O3. The average molecular weight is 268 g/mol. The number of hydrogen-bond acceptors (Lipinski definition) is 5. The number of methoxy groups -OCH3 is 3. The average Bonchev–Trinajstić information content (AvgIpc) is 2.44. The lowest BCUT2D eigenvalue weighted by Gasteiger charge is -2.20. The van der Waals surface area contributed by atoms with E-state index < -0.39 is 0 Å². The Bertz CT molecular complexity index is 397. The molecule has 5 heteroatoms. The van der Waals surface area contributed by atoms with Gasteiger partial charge in [-0.15, -0.1) is 0 Å². The van der Waals surface area contributed by atoms with E-state index in [9.17, 15) is 0 Å². The van der Waals surface area contributed by atoms with Crippen LogP contribution >= 0.6 is 0 Å². The molecule has 0 heterocycles. The van der Waals surface area contributed by atoms with Gasteiger partial charge in [0.2, 0.25) is 5.75 Å². The highest BCUT2D eigenvalue weighted by Gasteiger charge is 2.16. The van der Waals surface area contributed by atoms with Gasteiger partial charge < -0.3 is 24.8 Å². The topological polar surface area (TPSA) is 57.0 Å². The normalized spacial score (nSPS) is 10.6. The zero-order valence-corrected chi connectivity index (χ0v) is 12.2. The van der Waals surface area contributed by atoms with E-state index in [1.807, 2.05) is 12.1 Å². The van der Waals surface area contributed by atoms with Crippen molar-refractivity contribution < 1.29 is 14.2 Å². The highest BCUT2D eigenvalue weighted by Crippen LogP contribution is 2.40. The third-order valence-corrected chi connectivity index (χ3v) is 2.97. The molecule has 1 aromatic rings. The molecule has 0 unspecified atom stereocenters. The van der Waals surface area contributed by atoms with E-state index in [-0.39, 0.29) is 0 Å². The molecule has 0 amide bonds. The molecule has 0 aliphatic carbocycles. The van der Waals surface area contributed by atoms with Crippen LogP contribution in [0.15, 0.2) is 12.1 Å². The van der Waals surface area contributed by atoms with Crippen LogP contribution in [0, 0.1) is 0 Å². The predicted octanol–water partition coefficient (Wildman–Crippen LogP) is 1.49. The molecule has 0 aliphatic rings. The van der Waals surface area contributed by atoms with Gasteiger partial charge in [-0.1, -0.05) is 6.07 Å². The lowest BCUT2D eigenvalue weighted by molar-refractivity contribution is 0.299. The number of nitrogens with zero attached hydrogens (tertiary/aromatic N) is 1. The summed E-state index contributed by atoms with van der Waals surface area (Å²) >= 11 is 0. The summed E-state index contributed by atoms with van der Waals surface area (Å²) in [5, 5.41) is 0. The van der Waals surface area contributed by atoms with Gasteiger partial charge in [-0.25, -0.2) is 0 Å². The molecule has 0 radical (unpaired) electrons. The van der Waals surface area contributed by atoms with Crippen LogP contribution in [0.1, 0.15) is 12.0 Å². The summed E-state index contributed by atoms with van der Waals surface area (Å²) in [6.07, 6.45) is 0.978. The standard InChI is InChI=1S/C14H24N2O3/c1-16(9-5-8-15)10-11-6-7-12(17-2)14(19-4)13(11)18-3/h6-7H,5,8-10,15H2,1-4H3. The second-order valence-electron chi connectivity index (χ2n) is 4.37. The second kappa shape index (κ2) is 7.86. The van der Waals surface area contributed by atoms with Gasteiger partial charge in [0.05, 0.1) is 21.3 Å². The highest BCUT2D eigenvalue weighted by molar-refractivity contribution is 5.55. The van der Waals surface area contributed by atoms with Gasteiger partial charge in [0.25, 0.3) is 0 Å². The van der Waals surface area contributed by atoms with E-state index in [1.54, 1.807) is 21.3 Å². The van der Waals surface area contributed by atoms with Crippen LogP contribution in [-0.4, -0.2) is 46.4 Å². The number of rotatable bonds is 8. The Labute approximate surface area is 115 Å². The quantitative estimate of drug-likeness (QED) is 0.774. The summed E-state index contributed by atoms with van der Waals surface area (Å²) in [5.74, 6) is 2.03. The maximum atomic E-state index is 5.52. The van der Waals surface area contributed by atoms with Gasteiger partial charge >= 0.3 is 0 Å². The van der Waals surface area contributed by atoms with Gasteiger partial charge in [-0.3, -0.25) is 0 Å². The third-order valence-electron chi connectivity index (χ3n) is 2.97. The van der Waals surface area contributed by atoms with Crippen LogP contribution in [0.3, 0.4) is 0 Å². The van der Waals surface area contributed by atoms with Crippen molar-refractivity contribution in [2.24, 2.45) is 5.73 Å². The molecule has 0 saturated heterocycles. The minimum Gasteiger partial charge on any atom is -0.493 e. The summed E-state index contributed by atoms with van der Waals surface area (Å²) in [6, 6.07) is 3.90. The molecule has 1 rings (SSSR count). The van der Waals surface area contributed by atoms with Crippen molar-refractivity contribution in [3.8, 4) is 17.2 Å². The van der Waals surface area contributed by atoms with Gasteiger partial charge in [0, 0.05) is 12.1 Å². The van der Waals surface area contributed by atoms with Crippen LogP contribution in [-0.2, 0) is 6.54 Å². The van der Waals surface area contributed by atoms with Crippen molar-refractivity contribution in [2.45, 2.75) is 13.0 Å². The third kappa shape index (κ3) is 4.01. The maximum Gasteiger partial charge on any atom is 0.203 e. The van der Waals surface area contributed by atoms with Crippen LogP contribution < -0.4 is 19.9 Å². The lowest BCUT2D eigenvalue weighted by atomic mass is 10.1. The fourth-order valence-corrected chi connectivity index (χ4v) is 2.02. The van der Waals surface area contributed by atoms with E-state index in [2.05, 4.69) is 11.9 Å². The Morgan fingerprint density at radius 3 is 2.26 bits per heavy atom. The Morgan fingerprint density at radius 2 is 1.74 bits per heavy atom. The molecule has 0 saturated carbocycles. The predicted molar refractivity (Wildman–Crippen MR) is 76.1 cm³/mol. The molecule has 0 atom stereocenters. The Morgan fingerprint density at radius 1 is 1.05 bits per heavy atom. The lowest BCUT2D eigenvalue weighted by Crippen LogP contribution is -2.21. The molecule has 0 bridgehead atoms. The van der Waals surface area contributed by atoms with Crippen molar-refractivity contribution in [3.63, 3.8) is 0 Å². The van der Waals surface area contributed by atoms with E-state index in [4.69, 9.17) is 19.9 Å². The summed E-state index contributed by atoms with van der Waals surface area (Å²) in [6.45, 7) is 2.44. The van der Waals surface area contributed by atoms with E-state index in [0.29, 0.717) is 18.0 Å². The summed E-state index contributed by atoms with van der Waals surface area (Å²) < 4.78 is 16.1. The monoisotopic (exact) mass is 268 g/mol. The first-order valence-corrected chi connectivity index (χ1v) is 6.34. The van der Waals surface area contributed by atoms with Crippen LogP contribution in [0.5, 0.6) is 17.2 Å². The minimum atomic E-state index is 0.634. The van der Waals surface area contributed by atoms with Crippen molar-refractivity contribution >= 4 is 0 Å². The van der Waals surface area contributed by atoms with E-state index >= 15 is 0 Å². The fourth-order valence-electron chi connectivity index (χ4n) is 2.02. The van der Waals surface area contributed by atoms with E-state index in [0.717, 1.165) is 30.8 Å². The van der Waals surface area contributed by atoms with Crippen LogP contribution in [0.4, 0.5) is 0 Å². The second-order valence-corrected chi connectivity index (χ2v) is 4.37. The molecular weight excluding hydrogens is 244 g/mol. The van der Waals surface area contributed by atoms with Gasteiger partial charge in [0.1, 0.15) is 0 Å². The first-order chi connectivity index (χ1) is 9.17. The number of nitrogens with two attached hydrogens (primary N) is 1. The smallest absolute Gasteiger partial charge is 0.203 e. The van der Waals surface area contributed by atoms with Gasteiger partial charge in [-0.05, 0) is 32.6 Å². The number of benzene rings is 1. The first-order valence-electron chi connectivity index (χ1n) is 6.34. The van der Waals surface area contributed by atoms with Crippen molar-refractivity contribution in [1.29, 1.82) is 0 Å². The molecule has 0 aromatic heterocycles. The largest absolute Gasteiger partial charge is 0.493 e.